The lowest BCUT2D eigenvalue weighted by molar-refractivity contribution is 0.209. The van der Waals surface area contributed by atoms with Gasteiger partial charge in [-0.15, -0.1) is 0 Å². The molecule has 0 aliphatic heterocycles. The van der Waals surface area contributed by atoms with Gasteiger partial charge in [-0.05, 0) is 6.07 Å². The molecule has 0 aliphatic carbocycles. The molecule has 64 valence electrons. The number of aromatic nitrogens is 1. The third kappa shape index (κ3) is 1.85. The molecule has 0 radical (unpaired) electrons. The van der Waals surface area contributed by atoms with Gasteiger partial charge in [0.25, 0.3) is 0 Å². The number of anilines is 1. The average molecular weight is 168 g/mol. The summed E-state index contributed by atoms with van der Waals surface area (Å²) < 4.78 is 1.30. The lowest BCUT2D eigenvalue weighted by atomic mass is 10.4. The van der Waals surface area contributed by atoms with Gasteiger partial charge in [-0.25, -0.2) is 4.79 Å². The molecule has 5 nitrogen and oxygen atoms in total. The van der Waals surface area contributed by atoms with Crippen molar-refractivity contribution in [2.45, 2.75) is 0 Å². The average Bonchev–Trinajstić information content (AvgIpc) is 1.96. The summed E-state index contributed by atoms with van der Waals surface area (Å²) >= 11 is 0. The van der Waals surface area contributed by atoms with Crippen LogP contribution >= 0.6 is 0 Å². The quantitative estimate of drug-likeness (QED) is 0.640. The number of aryl methyl sites for hydroxylation is 1. The van der Waals surface area contributed by atoms with Gasteiger partial charge in [0.15, 0.2) is 0 Å². The Labute approximate surface area is 68.3 Å². The van der Waals surface area contributed by atoms with Gasteiger partial charge in [0.2, 0.25) is 5.56 Å². The van der Waals surface area contributed by atoms with E-state index in [1.54, 1.807) is 7.05 Å². The van der Waals surface area contributed by atoms with Crippen molar-refractivity contribution in [3.63, 3.8) is 0 Å². The SMILES string of the molecule is Cn1cc(NC(=O)O)ccc1=O. The summed E-state index contributed by atoms with van der Waals surface area (Å²) in [6, 6.07) is 2.71. The molecule has 1 amide bonds. The molecule has 0 saturated heterocycles. The first-order valence-electron chi connectivity index (χ1n) is 3.26. The third-order valence-electron chi connectivity index (χ3n) is 1.34. The monoisotopic (exact) mass is 168 g/mol. The molecule has 0 atom stereocenters. The summed E-state index contributed by atoms with van der Waals surface area (Å²) in [6.07, 6.45) is 0.268. The van der Waals surface area contributed by atoms with E-state index >= 15 is 0 Å². The molecule has 5 heteroatoms. The van der Waals surface area contributed by atoms with Gasteiger partial charge >= 0.3 is 6.09 Å². The molecule has 0 aromatic carbocycles. The fourth-order valence-corrected chi connectivity index (χ4v) is 0.791. The number of nitrogens with zero attached hydrogens (tertiary/aromatic N) is 1. The van der Waals surface area contributed by atoms with E-state index in [0.29, 0.717) is 5.69 Å². The van der Waals surface area contributed by atoms with Gasteiger partial charge in [0.05, 0.1) is 5.69 Å². The van der Waals surface area contributed by atoms with Crippen LogP contribution in [0, 0.1) is 0 Å². The molecule has 1 rings (SSSR count). The molecule has 0 saturated carbocycles. The highest BCUT2D eigenvalue weighted by molar-refractivity contribution is 5.82. The van der Waals surface area contributed by atoms with Crippen molar-refractivity contribution in [2.75, 3.05) is 5.32 Å². The van der Waals surface area contributed by atoms with Crippen molar-refractivity contribution in [1.29, 1.82) is 0 Å². The van der Waals surface area contributed by atoms with Gasteiger partial charge in [-0.2, -0.15) is 0 Å². The van der Waals surface area contributed by atoms with E-state index in [4.69, 9.17) is 5.11 Å². The number of amides is 1. The lowest BCUT2D eigenvalue weighted by Crippen LogP contribution is -2.16. The molecule has 1 aromatic heterocycles. The predicted octanol–water partition coefficient (Wildman–Crippen LogP) is 0.475. The zero-order valence-corrected chi connectivity index (χ0v) is 6.44. The first kappa shape index (κ1) is 8.32. The summed E-state index contributed by atoms with van der Waals surface area (Å²) in [5.41, 5.74) is 0.204. The topological polar surface area (TPSA) is 71.3 Å². The number of hydrogen-bond donors (Lipinski definition) is 2. The highest BCUT2D eigenvalue weighted by atomic mass is 16.4. The van der Waals surface area contributed by atoms with Crippen LogP contribution in [0.15, 0.2) is 23.1 Å². The first-order valence-corrected chi connectivity index (χ1v) is 3.26. The highest BCUT2D eigenvalue weighted by Gasteiger charge is 1.97. The van der Waals surface area contributed by atoms with Crippen LogP contribution < -0.4 is 10.9 Å². The number of carboxylic acid groups (broad SMARTS) is 1. The largest absolute Gasteiger partial charge is 0.465 e. The minimum absolute atomic E-state index is 0.175. The molecule has 0 spiro atoms. The van der Waals surface area contributed by atoms with E-state index in [-0.39, 0.29) is 5.56 Å². The van der Waals surface area contributed by atoms with E-state index in [9.17, 15) is 9.59 Å². The van der Waals surface area contributed by atoms with Gasteiger partial charge < -0.3 is 9.67 Å². The van der Waals surface area contributed by atoms with E-state index in [2.05, 4.69) is 5.32 Å². The smallest absolute Gasteiger partial charge is 0.409 e. The van der Waals surface area contributed by atoms with Crippen molar-refractivity contribution in [2.24, 2.45) is 7.05 Å². The molecule has 0 bridgehead atoms. The normalized spacial score (nSPS) is 9.42. The van der Waals surface area contributed by atoms with Crippen molar-refractivity contribution in [3.05, 3.63) is 28.7 Å². The summed E-state index contributed by atoms with van der Waals surface area (Å²) in [5.74, 6) is 0. The number of hydrogen-bond acceptors (Lipinski definition) is 2. The van der Waals surface area contributed by atoms with Crippen LogP contribution in [0.5, 0.6) is 0 Å². The molecular weight excluding hydrogens is 160 g/mol. The zero-order valence-electron chi connectivity index (χ0n) is 6.44. The minimum atomic E-state index is -1.14. The number of rotatable bonds is 1. The minimum Gasteiger partial charge on any atom is -0.465 e. The Balaban J connectivity index is 2.97. The standard InChI is InChI=1S/C7H8N2O3/c1-9-4-5(8-7(11)12)2-3-6(9)10/h2-4,8H,1H3,(H,11,12). The van der Waals surface area contributed by atoms with Crippen LogP contribution in [0.1, 0.15) is 0 Å². The summed E-state index contributed by atoms with van der Waals surface area (Å²) in [4.78, 5) is 21.0. The summed E-state index contributed by atoms with van der Waals surface area (Å²) in [6.45, 7) is 0. The number of pyridine rings is 1. The predicted molar refractivity (Wildman–Crippen MR) is 43.3 cm³/mol. The summed E-state index contributed by atoms with van der Waals surface area (Å²) in [5, 5.41) is 10.5. The van der Waals surface area contributed by atoms with E-state index < -0.39 is 6.09 Å². The van der Waals surface area contributed by atoms with Gasteiger partial charge in [-0.1, -0.05) is 0 Å². The van der Waals surface area contributed by atoms with Crippen LogP contribution in [-0.4, -0.2) is 15.8 Å². The van der Waals surface area contributed by atoms with Crippen molar-refractivity contribution in [3.8, 4) is 0 Å². The Kier molecular flexibility index (Phi) is 2.14. The fourth-order valence-electron chi connectivity index (χ4n) is 0.791. The second kappa shape index (κ2) is 3.08. The summed E-state index contributed by atoms with van der Waals surface area (Å²) in [7, 11) is 1.55. The fraction of sp³-hybridized carbons (Fsp3) is 0.143. The second-order valence-corrected chi connectivity index (χ2v) is 2.30. The first-order chi connectivity index (χ1) is 5.59. The van der Waals surface area contributed by atoms with Crippen molar-refractivity contribution in [1.82, 2.24) is 4.57 Å². The molecule has 0 aliphatic rings. The van der Waals surface area contributed by atoms with Crippen LogP contribution in [-0.2, 0) is 7.05 Å². The Morgan fingerprint density at radius 3 is 2.75 bits per heavy atom. The van der Waals surface area contributed by atoms with Crippen molar-refractivity contribution >= 4 is 11.8 Å². The molecular formula is C7H8N2O3. The van der Waals surface area contributed by atoms with Crippen LogP contribution in [0.3, 0.4) is 0 Å². The third-order valence-corrected chi connectivity index (χ3v) is 1.34. The number of nitrogens with one attached hydrogen (secondary N) is 1. The Hall–Kier alpha value is -1.78. The molecule has 1 heterocycles. The lowest BCUT2D eigenvalue weighted by Gasteiger charge is -2.01. The zero-order chi connectivity index (χ0) is 9.14. The van der Waals surface area contributed by atoms with E-state index in [1.165, 1.54) is 22.9 Å². The highest BCUT2D eigenvalue weighted by Crippen LogP contribution is 2.00. The molecule has 0 fully saturated rings. The van der Waals surface area contributed by atoms with Gasteiger partial charge in [0, 0.05) is 19.3 Å². The Morgan fingerprint density at radius 2 is 2.25 bits per heavy atom. The number of carbonyl (C=O) groups is 1. The van der Waals surface area contributed by atoms with E-state index in [1.807, 2.05) is 0 Å². The Morgan fingerprint density at radius 1 is 1.58 bits per heavy atom. The van der Waals surface area contributed by atoms with Crippen LogP contribution in [0.4, 0.5) is 10.5 Å². The second-order valence-electron chi connectivity index (χ2n) is 2.30. The van der Waals surface area contributed by atoms with Crippen molar-refractivity contribution < 1.29 is 9.90 Å². The molecule has 0 unspecified atom stereocenters. The van der Waals surface area contributed by atoms with Crippen LogP contribution in [0.25, 0.3) is 0 Å². The maximum Gasteiger partial charge on any atom is 0.409 e. The van der Waals surface area contributed by atoms with Gasteiger partial charge in [-0.3, -0.25) is 10.1 Å². The maximum absolute atomic E-state index is 10.8. The maximum atomic E-state index is 10.8. The van der Waals surface area contributed by atoms with Crippen LogP contribution in [0.2, 0.25) is 0 Å². The van der Waals surface area contributed by atoms with Gasteiger partial charge in [0.1, 0.15) is 0 Å². The van der Waals surface area contributed by atoms with E-state index in [0.717, 1.165) is 0 Å². The molecule has 12 heavy (non-hydrogen) atoms. The molecule has 1 aromatic rings. The molecule has 2 N–H and O–H groups in total. The Bertz CT molecular complexity index is 356.